The quantitative estimate of drug-likeness (QED) is 0.325. The molecule has 0 atom stereocenters. The van der Waals surface area contributed by atoms with Crippen molar-refractivity contribution in [3.8, 4) is 0 Å². The molecule has 23 heavy (non-hydrogen) atoms. The van der Waals surface area contributed by atoms with Crippen molar-refractivity contribution >= 4 is 5.96 Å². The fourth-order valence-electron chi connectivity index (χ4n) is 1.59. The Morgan fingerprint density at radius 1 is 1.09 bits per heavy atom. The maximum Gasteiger partial charge on any atom is 0.411 e. The number of ether oxygens (including phenoxy) is 2. The summed E-state index contributed by atoms with van der Waals surface area (Å²) in [6.45, 7) is 8.32. The van der Waals surface area contributed by atoms with Gasteiger partial charge in [-0.05, 0) is 25.7 Å². The Kier molecular flexibility index (Phi) is 12.8. The summed E-state index contributed by atoms with van der Waals surface area (Å²) in [5.41, 5.74) is 0. The number of halogens is 3. The van der Waals surface area contributed by atoms with E-state index in [1.54, 1.807) is 0 Å². The normalized spacial score (nSPS) is 12.7. The molecule has 0 bridgehead atoms. The second kappa shape index (κ2) is 13.4. The van der Waals surface area contributed by atoms with E-state index in [9.17, 15) is 13.2 Å². The van der Waals surface area contributed by atoms with Crippen LogP contribution in [0.2, 0.25) is 0 Å². The van der Waals surface area contributed by atoms with Crippen LogP contribution in [0.15, 0.2) is 4.99 Å². The highest BCUT2D eigenvalue weighted by Crippen LogP contribution is 2.14. The first-order valence-electron chi connectivity index (χ1n) is 8.09. The summed E-state index contributed by atoms with van der Waals surface area (Å²) in [6, 6.07) is 0. The van der Waals surface area contributed by atoms with E-state index in [0.29, 0.717) is 31.4 Å². The van der Waals surface area contributed by atoms with Crippen molar-refractivity contribution < 1.29 is 22.6 Å². The predicted octanol–water partition coefficient (Wildman–Crippen LogP) is 2.57. The van der Waals surface area contributed by atoms with E-state index >= 15 is 0 Å². The number of nitrogens with one attached hydrogen (secondary N) is 2. The lowest BCUT2D eigenvalue weighted by atomic mass is 10.2. The van der Waals surface area contributed by atoms with Crippen LogP contribution >= 0.6 is 0 Å². The molecule has 8 heteroatoms. The van der Waals surface area contributed by atoms with E-state index in [2.05, 4.69) is 34.2 Å². The molecule has 5 nitrogen and oxygen atoms in total. The summed E-state index contributed by atoms with van der Waals surface area (Å²) in [7, 11) is 0. The van der Waals surface area contributed by atoms with Gasteiger partial charge >= 0.3 is 6.18 Å². The van der Waals surface area contributed by atoms with Gasteiger partial charge in [-0.25, -0.2) is 0 Å². The fourth-order valence-corrected chi connectivity index (χ4v) is 1.59. The Hall–Kier alpha value is -1.02. The van der Waals surface area contributed by atoms with E-state index in [1.165, 1.54) is 0 Å². The average Bonchev–Trinajstić information content (AvgIpc) is 2.44. The second-order valence-corrected chi connectivity index (χ2v) is 5.53. The van der Waals surface area contributed by atoms with E-state index < -0.39 is 12.8 Å². The van der Waals surface area contributed by atoms with Crippen molar-refractivity contribution in [3.63, 3.8) is 0 Å². The van der Waals surface area contributed by atoms with Crippen molar-refractivity contribution in [1.82, 2.24) is 10.6 Å². The topological polar surface area (TPSA) is 54.9 Å². The fraction of sp³-hybridized carbons (Fsp3) is 0.933. The molecule has 0 aromatic heterocycles. The molecule has 0 unspecified atom stereocenters. The third-order valence-electron chi connectivity index (χ3n) is 2.54. The van der Waals surface area contributed by atoms with Crippen molar-refractivity contribution in [2.24, 2.45) is 10.9 Å². The van der Waals surface area contributed by atoms with Crippen LogP contribution in [0.4, 0.5) is 13.2 Å². The summed E-state index contributed by atoms with van der Waals surface area (Å²) >= 11 is 0. The first kappa shape index (κ1) is 22.0. The highest BCUT2D eigenvalue weighted by Gasteiger charge is 2.27. The molecule has 0 aromatic rings. The molecular formula is C15H30F3N3O2. The standard InChI is InChI=1S/C15H30F3N3O2/c1-4-19-14(20-7-5-9-22-11-13(2)3)21-8-6-10-23-12-15(16,17)18/h13H,4-12H2,1-3H3,(H2,19,20,21). The molecule has 0 aliphatic heterocycles. The number of hydrogen-bond acceptors (Lipinski definition) is 3. The molecular weight excluding hydrogens is 311 g/mol. The van der Waals surface area contributed by atoms with Crippen LogP contribution in [0.3, 0.4) is 0 Å². The zero-order valence-electron chi connectivity index (χ0n) is 14.3. The smallest absolute Gasteiger partial charge is 0.381 e. The third kappa shape index (κ3) is 17.2. The van der Waals surface area contributed by atoms with Crippen LogP contribution in [-0.2, 0) is 9.47 Å². The Labute approximate surface area is 137 Å². The van der Waals surface area contributed by atoms with Gasteiger partial charge in [0.2, 0.25) is 0 Å². The molecule has 0 fully saturated rings. The largest absolute Gasteiger partial charge is 0.411 e. The van der Waals surface area contributed by atoms with Gasteiger partial charge in [-0.15, -0.1) is 0 Å². The number of hydrogen-bond donors (Lipinski definition) is 2. The van der Waals surface area contributed by atoms with Crippen LogP contribution in [-0.4, -0.2) is 58.2 Å². The number of nitrogens with zero attached hydrogens (tertiary/aromatic N) is 1. The van der Waals surface area contributed by atoms with Crippen molar-refractivity contribution in [3.05, 3.63) is 0 Å². The van der Waals surface area contributed by atoms with Gasteiger partial charge in [-0.2, -0.15) is 13.2 Å². The van der Waals surface area contributed by atoms with Crippen LogP contribution in [0, 0.1) is 5.92 Å². The van der Waals surface area contributed by atoms with Gasteiger partial charge in [0.15, 0.2) is 5.96 Å². The second-order valence-electron chi connectivity index (χ2n) is 5.53. The molecule has 0 rings (SSSR count). The molecule has 138 valence electrons. The summed E-state index contributed by atoms with van der Waals surface area (Å²) in [5, 5.41) is 6.25. The van der Waals surface area contributed by atoms with E-state index in [-0.39, 0.29) is 6.61 Å². The van der Waals surface area contributed by atoms with E-state index in [1.807, 2.05) is 6.92 Å². The molecule has 0 radical (unpaired) electrons. The minimum atomic E-state index is -4.27. The van der Waals surface area contributed by atoms with Crippen LogP contribution in [0.25, 0.3) is 0 Å². The molecule has 0 aliphatic rings. The molecule has 0 amide bonds. The molecule has 0 saturated carbocycles. The summed E-state index contributed by atoms with van der Waals surface area (Å²) in [5.74, 6) is 1.19. The van der Waals surface area contributed by atoms with Crippen LogP contribution < -0.4 is 10.6 Å². The summed E-state index contributed by atoms with van der Waals surface area (Å²) < 4.78 is 45.7. The van der Waals surface area contributed by atoms with Gasteiger partial charge in [0, 0.05) is 39.5 Å². The first-order valence-corrected chi connectivity index (χ1v) is 8.09. The average molecular weight is 341 g/mol. The van der Waals surface area contributed by atoms with Gasteiger partial charge in [-0.1, -0.05) is 13.8 Å². The molecule has 0 aliphatic carbocycles. The maximum absolute atomic E-state index is 11.9. The van der Waals surface area contributed by atoms with Crippen molar-refractivity contribution in [2.45, 2.75) is 39.8 Å². The number of guanidine groups is 1. The number of rotatable bonds is 12. The molecule has 0 spiro atoms. The Balaban J connectivity index is 3.74. The van der Waals surface area contributed by atoms with Crippen LogP contribution in [0.1, 0.15) is 33.6 Å². The van der Waals surface area contributed by atoms with Gasteiger partial charge in [0.05, 0.1) is 0 Å². The van der Waals surface area contributed by atoms with Crippen molar-refractivity contribution in [1.29, 1.82) is 0 Å². The highest BCUT2D eigenvalue weighted by atomic mass is 19.4. The van der Waals surface area contributed by atoms with Gasteiger partial charge in [-0.3, -0.25) is 4.99 Å². The van der Waals surface area contributed by atoms with Gasteiger partial charge in [0.25, 0.3) is 0 Å². The van der Waals surface area contributed by atoms with Crippen LogP contribution in [0.5, 0.6) is 0 Å². The summed E-state index contributed by atoms with van der Waals surface area (Å²) in [6.07, 6.45) is -2.95. The minimum Gasteiger partial charge on any atom is -0.381 e. The van der Waals surface area contributed by atoms with Crippen molar-refractivity contribution in [2.75, 3.05) is 46.1 Å². The lowest BCUT2D eigenvalue weighted by molar-refractivity contribution is -0.173. The first-order chi connectivity index (χ1) is 10.8. The highest BCUT2D eigenvalue weighted by molar-refractivity contribution is 5.79. The molecule has 2 N–H and O–H groups in total. The minimum absolute atomic E-state index is 0.0471. The molecule has 0 aromatic carbocycles. The zero-order valence-corrected chi connectivity index (χ0v) is 14.3. The molecule has 0 heterocycles. The zero-order chi connectivity index (χ0) is 17.6. The Bertz CT molecular complexity index is 311. The van der Waals surface area contributed by atoms with Gasteiger partial charge < -0.3 is 20.1 Å². The van der Waals surface area contributed by atoms with E-state index in [4.69, 9.17) is 4.74 Å². The Morgan fingerprint density at radius 2 is 1.78 bits per heavy atom. The molecule has 0 saturated heterocycles. The number of alkyl halides is 3. The number of aliphatic imine (C=N–C) groups is 1. The maximum atomic E-state index is 11.9. The summed E-state index contributed by atoms with van der Waals surface area (Å²) in [4.78, 5) is 4.29. The Morgan fingerprint density at radius 3 is 2.39 bits per heavy atom. The van der Waals surface area contributed by atoms with Gasteiger partial charge in [0.1, 0.15) is 6.61 Å². The lowest BCUT2D eigenvalue weighted by Gasteiger charge is -2.12. The third-order valence-corrected chi connectivity index (χ3v) is 2.54. The monoisotopic (exact) mass is 341 g/mol. The lowest BCUT2D eigenvalue weighted by Crippen LogP contribution is -2.38. The van der Waals surface area contributed by atoms with E-state index in [0.717, 1.165) is 26.1 Å². The SMILES string of the molecule is CCNC(=NCCCOCC(F)(F)F)NCCCOCC(C)C. The predicted molar refractivity (Wildman–Crippen MR) is 85.7 cm³/mol.